The van der Waals surface area contributed by atoms with Crippen molar-refractivity contribution >= 4 is 38.9 Å². The molecule has 0 spiro atoms. The molecule has 0 unspecified atom stereocenters. The molecule has 0 N–H and O–H groups in total. The van der Waals surface area contributed by atoms with Crippen molar-refractivity contribution in [1.82, 2.24) is 4.98 Å². The van der Waals surface area contributed by atoms with Crippen molar-refractivity contribution in [2.75, 3.05) is 4.90 Å². The molecule has 0 radical (unpaired) electrons. The van der Waals surface area contributed by atoms with E-state index >= 15 is 0 Å². The van der Waals surface area contributed by atoms with E-state index in [2.05, 4.69) is 122 Å². The number of rotatable bonds is 4. The highest BCUT2D eigenvalue weighted by Crippen LogP contribution is 2.50. The van der Waals surface area contributed by atoms with Gasteiger partial charge in [0.05, 0.1) is 0 Å². The number of benzene rings is 6. The van der Waals surface area contributed by atoms with Crippen LogP contribution in [0.5, 0.6) is 0 Å². The maximum absolute atomic E-state index is 6.32. The zero-order valence-electron chi connectivity index (χ0n) is 23.0. The van der Waals surface area contributed by atoms with Crippen molar-refractivity contribution in [3.05, 3.63) is 145 Å². The Morgan fingerprint density at radius 3 is 2.10 bits per heavy atom. The highest BCUT2D eigenvalue weighted by molar-refractivity contribution is 6.05. The van der Waals surface area contributed by atoms with E-state index in [-0.39, 0.29) is 5.41 Å². The zero-order chi connectivity index (χ0) is 27.6. The van der Waals surface area contributed by atoms with Gasteiger partial charge in [-0.2, -0.15) is 0 Å². The van der Waals surface area contributed by atoms with Crippen LogP contribution in [0.4, 0.5) is 17.1 Å². The van der Waals surface area contributed by atoms with Crippen LogP contribution in [0.3, 0.4) is 0 Å². The van der Waals surface area contributed by atoms with Crippen molar-refractivity contribution in [1.29, 1.82) is 0 Å². The average molecular weight is 529 g/mol. The smallest absolute Gasteiger partial charge is 0.227 e. The monoisotopic (exact) mass is 528 g/mol. The van der Waals surface area contributed by atoms with Crippen molar-refractivity contribution in [2.45, 2.75) is 19.3 Å². The molecule has 8 rings (SSSR count). The third-order valence-corrected chi connectivity index (χ3v) is 8.47. The summed E-state index contributed by atoms with van der Waals surface area (Å²) in [4.78, 5) is 7.12. The Morgan fingerprint density at radius 1 is 0.585 bits per heavy atom. The van der Waals surface area contributed by atoms with Gasteiger partial charge in [0.1, 0.15) is 5.52 Å². The van der Waals surface area contributed by atoms with Crippen molar-refractivity contribution in [3.8, 4) is 22.6 Å². The summed E-state index contributed by atoms with van der Waals surface area (Å²) in [6, 6.07) is 47.2. The molecule has 196 valence electrons. The molecular formula is C38H28N2O. The van der Waals surface area contributed by atoms with Gasteiger partial charge in [-0.1, -0.05) is 86.6 Å². The molecule has 0 aliphatic heterocycles. The van der Waals surface area contributed by atoms with Gasteiger partial charge in [0, 0.05) is 33.4 Å². The van der Waals surface area contributed by atoms with Crippen molar-refractivity contribution in [2.24, 2.45) is 0 Å². The summed E-state index contributed by atoms with van der Waals surface area (Å²) in [6.07, 6.45) is 0. The predicted molar refractivity (Wildman–Crippen MR) is 169 cm³/mol. The minimum absolute atomic E-state index is 0.0674. The van der Waals surface area contributed by atoms with Gasteiger partial charge in [-0.3, -0.25) is 0 Å². The van der Waals surface area contributed by atoms with Crippen LogP contribution in [0.1, 0.15) is 25.0 Å². The van der Waals surface area contributed by atoms with Crippen LogP contribution in [-0.4, -0.2) is 4.98 Å². The van der Waals surface area contributed by atoms with Crippen LogP contribution < -0.4 is 4.90 Å². The summed E-state index contributed by atoms with van der Waals surface area (Å²) in [5.74, 6) is 0.643. The molecule has 7 aromatic rings. The average Bonchev–Trinajstić information content (AvgIpc) is 3.56. The lowest BCUT2D eigenvalue weighted by atomic mass is 9.82. The molecular weight excluding hydrogens is 500 g/mol. The van der Waals surface area contributed by atoms with Crippen LogP contribution in [0.2, 0.25) is 0 Å². The third-order valence-electron chi connectivity index (χ3n) is 8.47. The molecule has 0 amide bonds. The Balaban J connectivity index is 1.27. The molecule has 3 heteroatoms. The summed E-state index contributed by atoms with van der Waals surface area (Å²) in [5, 5.41) is 2.17. The fourth-order valence-corrected chi connectivity index (χ4v) is 6.40. The Hall–Kier alpha value is -5.15. The summed E-state index contributed by atoms with van der Waals surface area (Å²) in [5.41, 5.74) is 11.3. The van der Waals surface area contributed by atoms with Crippen molar-refractivity contribution in [3.63, 3.8) is 0 Å². The second kappa shape index (κ2) is 8.94. The quantitative estimate of drug-likeness (QED) is 0.228. The molecule has 6 aromatic carbocycles. The summed E-state index contributed by atoms with van der Waals surface area (Å²) in [7, 11) is 0. The van der Waals surface area contributed by atoms with Crippen LogP contribution in [0, 0.1) is 0 Å². The van der Waals surface area contributed by atoms with E-state index in [1.165, 1.54) is 22.3 Å². The molecule has 41 heavy (non-hydrogen) atoms. The number of oxazole rings is 1. The number of fused-ring (bicyclic) bond motifs is 6. The molecule has 1 aliphatic rings. The second-order valence-corrected chi connectivity index (χ2v) is 11.3. The lowest BCUT2D eigenvalue weighted by Crippen LogP contribution is -2.16. The normalized spacial score (nSPS) is 13.3. The van der Waals surface area contributed by atoms with Gasteiger partial charge in [-0.05, 0) is 88.3 Å². The van der Waals surface area contributed by atoms with Gasteiger partial charge in [0.25, 0.3) is 0 Å². The summed E-state index contributed by atoms with van der Waals surface area (Å²) < 4.78 is 6.32. The lowest BCUT2D eigenvalue weighted by Gasteiger charge is -2.28. The summed E-state index contributed by atoms with van der Waals surface area (Å²) in [6.45, 7) is 4.66. The standard InChI is InChI=1S/C38H28N2O/c1-38(2)33-16-10-9-15-31(33)32-21-19-29(24-34(32)38)40(27-13-7-4-8-14-27)28-18-20-30-26(23-28)17-22-35-36(30)41-37(39-35)25-11-5-3-6-12-25/h3-24H,1-2H3. The lowest BCUT2D eigenvalue weighted by molar-refractivity contribution is 0.623. The molecule has 0 saturated carbocycles. The van der Waals surface area contributed by atoms with Crippen molar-refractivity contribution < 1.29 is 4.42 Å². The van der Waals surface area contributed by atoms with E-state index in [1.807, 2.05) is 30.3 Å². The maximum Gasteiger partial charge on any atom is 0.227 e. The molecule has 0 fully saturated rings. The van der Waals surface area contributed by atoms with Gasteiger partial charge in [-0.15, -0.1) is 0 Å². The van der Waals surface area contributed by atoms with Gasteiger partial charge in [0.15, 0.2) is 5.58 Å². The first-order chi connectivity index (χ1) is 20.1. The van der Waals surface area contributed by atoms with Gasteiger partial charge in [0.2, 0.25) is 5.89 Å². The van der Waals surface area contributed by atoms with Gasteiger partial charge >= 0.3 is 0 Å². The topological polar surface area (TPSA) is 29.3 Å². The number of anilines is 3. The van der Waals surface area contributed by atoms with Crippen LogP contribution in [0.15, 0.2) is 138 Å². The zero-order valence-corrected chi connectivity index (χ0v) is 23.0. The minimum Gasteiger partial charge on any atom is -0.435 e. The molecule has 1 heterocycles. The third kappa shape index (κ3) is 3.70. The first kappa shape index (κ1) is 23.7. The molecule has 3 nitrogen and oxygen atoms in total. The molecule has 1 aromatic heterocycles. The number of hydrogen-bond donors (Lipinski definition) is 0. The SMILES string of the molecule is CC1(C)c2ccccc2-c2ccc(N(c3ccccc3)c3ccc4c(ccc5nc(-c6ccccc6)oc54)c3)cc21. The van der Waals surface area contributed by atoms with E-state index in [0.717, 1.165) is 44.5 Å². The molecule has 0 saturated heterocycles. The van der Waals surface area contributed by atoms with E-state index in [0.29, 0.717) is 5.89 Å². The van der Waals surface area contributed by atoms with Gasteiger partial charge in [-0.25, -0.2) is 4.98 Å². The number of hydrogen-bond acceptors (Lipinski definition) is 3. The number of para-hydroxylation sites is 1. The van der Waals surface area contributed by atoms with Crippen LogP contribution in [-0.2, 0) is 5.41 Å². The van der Waals surface area contributed by atoms with Crippen LogP contribution in [0.25, 0.3) is 44.5 Å². The van der Waals surface area contributed by atoms with E-state index < -0.39 is 0 Å². The van der Waals surface area contributed by atoms with Crippen LogP contribution >= 0.6 is 0 Å². The first-order valence-electron chi connectivity index (χ1n) is 14.1. The summed E-state index contributed by atoms with van der Waals surface area (Å²) >= 11 is 0. The van der Waals surface area contributed by atoms with E-state index in [4.69, 9.17) is 9.40 Å². The highest BCUT2D eigenvalue weighted by atomic mass is 16.3. The Morgan fingerprint density at radius 2 is 1.27 bits per heavy atom. The molecule has 0 atom stereocenters. The largest absolute Gasteiger partial charge is 0.435 e. The highest BCUT2D eigenvalue weighted by Gasteiger charge is 2.35. The maximum atomic E-state index is 6.32. The van der Waals surface area contributed by atoms with E-state index in [1.54, 1.807) is 0 Å². The first-order valence-corrected chi connectivity index (χ1v) is 14.1. The van der Waals surface area contributed by atoms with Gasteiger partial charge < -0.3 is 9.32 Å². The fraction of sp³-hybridized carbons (Fsp3) is 0.0789. The fourth-order valence-electron chi connectivity index (χ4n) is 6.40. The second-order valence-electron chi connectivity index (χ2n) is 11.3. The Labute approximate surface area is 239 Å². The number of nitrogens with zero attached hydrogens (tertiary/aromatic N) is 2. The predicted octanol–water partition coefficient (Wildman–Crippen LogP) is 10.4. The van der Waals surface area contributed by atoms with E-state index in [9.17, 15) is 0 Å². The Kier molecular flexibility index (Phi) is 5.17. The minimum atomic E-state index is -0.0674. The number of aromatic nitrogens is 1. The molecule has 0 bridgehead atoms. The molecule has 1 aliphatic carbocycles. The Bertz CT molecular complexity index is 2070.